The van der Waals surface area contributed by atoms with Crippen molar-refractivity contribution < 1.29 is 22.4 Å². The van der Waals surface area contributed by atoms with Crippen molar-refractivity contribution in [3.8, 4) is 0 Å². The monoisotopic (exact) mass is 441 g/mol. The number of carbonyl (C=O) groups excluding carboxylic acids is 2. The van der Waals surface area contributed by atoms with E-state index in [2.05, 4.69) is 17.2 Å². The largest absolute Gasteiger partial charge is 0.451 e. The number of benzene rings is 2. The molecule has 0 aliphatic carbocycles. The van der Waals surface area contributed by atoms with Crippen molar-refractivity contribution in [2.24, 2.45) is 0 Å². The first kappa shape index (κ1) is 22.3. The van der Waals surface area contributed by atoms with Gasteiger partial charge in [-0.1, -0.05) is 24.8 Å². The van der Waals surface area contributed by atoms with Crippen molar-refractivity contribution in [2.75, 3.05) is 25.5 Å². The molecule has 0 saturated heterocycles. The third-order valence-electron chi connectivity index (χ3n) is 4.60. The second-order valence-corrected chi connectivity index (χ2v) is 8.85. The zero-order valence-corrected chi connectivity index (χ0v) is 17.8. The van der Waals surface area contributed by atoms with Crippen molar-refractivity contribution >= 4 is 38.5 Å². The average Bonchev–Trinajstić information content (AvgIpc) is 3.21. The maximum Gasteiger partial charge on any atom is 0.291 e. The molecule has 0 radical (unpaired) electrons. The molecular weight excluding hydrogens is 418 g/mol. The Labute approximate surface area is 180 Å². The molecule has 3 rings (SSSR count). The van der Waals surface area contributed by atoms with Gasteiger partial charge in [-0.15, -0.1) is 0 Å². The number of hydrogen-bond acceptors (Lipinski definition) is 5. The van der Waals surface area contributed by atoms with Crippen LogP contribution in [0.5, 0.6) is 0 Å². The Balaban J connectivity index is 1.61. The highest BCUT2D eigenvalue weighted by atomic mass is 32.2. The van der Waals surface area contributed by atoms with Crippen molar-refractivity contribution in [1.29, 1.82) is 0 Å². The Bertz CT molecular complexity index is 1170. The second kappa shape index (κ2) is 9.59. The van der Waals surface area contributed by atoms with Crippen LogP contribution in [-0.2, 0) is 14.8 Å². The SMILES string of the molecule is C=CC(=O)NCCCN(C)S(=O)(=O)c1ccc(NC(=O)c2cc3ccccc3o2)cc1. The maximum absolute atomic E-state index is 12.7. The minimum atomic E-state index is -3.69. The molecule has 8 nitrogen and oxygen atoms in total. The van der Waals surface area contributed by atoms with Crippen LogP contribution in [0.3, 0.4) is 0 Å². The van der Waals surface area contributed by atoms with E-state index in [-0.39, 0.29) is 23.1 Å². The van der Waals surface area contributed by atoms with Crippen LogP contribution >= 0.6 is 0 Å². The lowest BCUT2D eigenvalue weighted by Crippen LogP contribution is -2.31. The first-order chi connectivity index (χ1) is 14.8. The molecule has 1 heterocycles. The van der Waals surface area contributed by atoms with E-state index in [9.17, 15) is 18.0 Å². The number of carbonyl (C=O) groups is 2. The summed E-state index contributed by atoms with van der Waals surface area (Å²) >= 11 is 0. The number of rotatable bonds is 9. The molecule has 0 saturated carbocycles. The Morgan fingerprint density at radius 1 is 1.13 bits per heavy atom. The summed E-state index contributed by atoms with van der Waals surface area (Å²) in [6.45, 7) is 3.94. The first-order valence-electron chi connectivity index (χ1n) is 9.58. The zero-order valence-electron chi connectivity index (χ0n) is 17.0. The number of anilines is 1. The molecule has 0 unspecified atom stereocenters. The molecule has 0 atom stereocenters. The normalized spacial score (nSPS) is 11.4. The van der Waals surface area contributed by atoms with Crippen molar-refractivity contribution in [1.82, 2.24) is 9.62 Å². The van der Waals surface area contributed by atoms with Gasteiger partial charge in [0.25, 0.3) is 5.91 Å². The van der Waals surface area contributed by atoms with Gasteiger partial charge in [0.15, 0.2) is 5.76 Å². The molecule has 3 aromatic rings. The van der Waals surface area contributed by atoms with E-state index >= 15 is 0 Å². The summed E-state index contributed by atoms with van der Waals surface area (Å²) in [4.78, 5) is 23.6. The van der Waals surface area contributed by atoms with Crippen molar-refractivity contribution in [2.45, 2.75) is 11.3 Å². The fourth-order valence-electron chi connectivity index (χ4n) is 2.88. The van der Waals surface area contributed by atoms with Crippen LogP contribution in [0.25, 0.3) is 11.0 Å². The van der Waals surface area contributed by atoms with Crippen molar-refractivity contribution in [3.63, 3.8) is 0 Å². The quantitative estimate of drug-likeness (QED) is 0.392. The fourth-order valence-corrected chi connectivity index (χ4v) is 4.09. The summed E-state index contributed by atoms with van der Waals surface area (Å²) in [5.41, 5.74) is 1.06. The summed E-state index contributed by atoms with van der Waals surface area (Å²) in [7, 11) is -2.22. The zero-order chi connectivity index (χ0) is 22.4. The van der Waals surface area contributed by atoms with Crippen LogP contribution in [0, 0.1) is 0 Å². The maximum atomic E-state index is 12.7. The molecule has 0 aliphatic rings. The summed E-state index contributed by atoms with van der Waals surface area (Å²) in [5.74, 6) is -0.558. The highest BCUT2D eigenvalue weighted by molar-refractivity contribution is 7.89. The van der Waals surface area contributed by atoms with Crippen LogP contribution < -0.4 is 10.6 Å². The number of para-hydroxylation sites is 1. The van der Waals surface area contributed by atoms with E-state index in [0.717, 1.165) is 11.5 Å². The van der Waals surface area contributed by atoms with Gasteiger partial charge in [0.05, 0.1) is 4.90 Å². The molecule has 0 fully saturated rings. The second-order valence-electron chi connectivity index (χ2n) is 6.80. The van der Waals surface area contributed by atoms with Gasteiger partial charge in [-0.2, -0.15) is 0 Å². The topological polar surface area (TPSA) is 109 Å². The Kier molecular flexibility index (Phi) is 6.88. The predicted molar refractivity (Wildman–Crippen MR) is 118 cm³/mol. The number of furan rings is 1. The third kappa shape index (κ3) is 5.39. The molecule has 2 amide bonds. The minimum Gasteiger partial charge on any atom is -0.451 e. The number of hydrogen-bond donors (Lipinski definition) is 2. The molecule has 0 spiro atoms. The van der Waals surface area contributed by atoms with Gasteiger partial charge in [0.1, 0.15) is 5.58 Å². The lowest BCUT2D eigenvalue weighted by molar-refractivity contribution is -0.116. The molecule has 2 N–H and O–H groups in total. The summed E-state index contributed by atoms with van der Waals surface area (Å²) in [5, 5.41) is 6.12. The van der Waals surface area contributed by atoms with Crippen molar-refractivity contribution in [3.05, 3.63) is 73.0 Å². The molecule has 0 aliphatic heterocycles. The molecule has 1 aromatic heterocycles. The summed E-state index contributed by atoms with van der Waals surface area (Å²) in [6, 6.07) is 14.8. The first-order valence-corrected chi connectivity index (χ1v) is 11.0. The molecular formula is C22H23N3O5S. The Morgan fingerprint density at radius 2 is 1.84 bits per heavy atom. The number of nitrogens with zero attached hydrogens (tertiary/aromatic N) is 1. The van der Waals surface area contributed by atoms with Crippen LogP contribution in [0.1, 0.15) is 17.0 Å². The molecule has 0 bridgehead atoms. The van der Waals surface area contributed by atoms with E-state index in [1.807, 2.05) is 18.2 Å². The summed E-state index contributed by atoms with van der Waals surface area (Å²) in [6.07, 6.45) is 1.62. The average molecular weight is 442 g/mol. The Morgan fingerprint density at radius 3 is 2.52 bits per heavy atom. The van der Waals surface area contributed by atoms with Gasteiger partial charge in [-0.25, -0.2) is 12.7 Å². The van der Waals surface area contributed by atoms with Gasteiger partial charge in [-0.3, -0.25) is 9.59 Å². The van der Waals surface area contributed by atoms with E-state index < -0.39 is 15.9 Å². The fraction of sp³-hybridized carbons (Fsp3) is 0.182. The van der Waals surface area contributed by atoms with E-state index in [1.54, 1.807) is 12.1 Å². The molecule has 31 heavy (non-hydrogen) atoms. The molecule has 9 heteroatoms. The van der Waals surface area contributed by atoms with E-state index in [1.165, 1.54) is 35.6 Å². The number of amides is 2. The third-order valence-corrected chi connectivity index (χ3v) is 6.48. The van der Waals surface area contributed by atoms with Crippen LogP contribution in [-0.4, -0.2) is 44.7 Å². The summed E-state index contributed by atoms with van der Waals surface area (Å²) < 4.78 is 32.1. The van der Waals surface area contributed by atoms with Gasteiger partial charge < -0.3 is 15.1 Å². The van der Waals surface area contributed by atoms with Crippen LogP contribution in [0.4, 0.5) is 5.69 Å². The Hall–Kier alpha value is -3.43. The lowest BCUT2D eigenvalue weighted by Gasteiger charge is -2.17. The van der Waals surface area contributed by atoms with Crippen LogP contribution in [0.15, 0.2) is 76.6 Å². The standard InChI is InChI=1S/C22H23N3O5S/c1-3-21(26)23-13-6-14-25(2)31(28,29)18-11-9-17(10-12-18)24-22(27)20-15-16-7-4-5-8-19(16)30-20/h3-5,7-12,15H,1,6,13-14H2,2H3,(H,23,26)(H,24,27). The molecule has 162 valence electrons. The number of nitrogens with one attached hydrogen (secondary N) is 2. The number of fused-ring (bicyclic) bond motifs is 1. The minimum absolute atomic E-state index is 0.104. The predicted octanol–water partition coefficient (Wildman–Crippen LogP) is 3.00. The lowest BCUT2D eigenvalue weighted by atomic mass is 10.2. The highest BCUT2D eigenvalue weighted by Gasteiger charge is 2.20. The smallest absolute Gasteiger partial charge is 0.291 e. The molecule has 2 aromatic carbocycles. The number of sulfonamides is 1. The van der Waals surface area contributed by atoms with Crippen LogP contribution in [0.2, 0.25) is 0 Å². The van der Waals surface area contributed by atoms with E-state index in [4.69, 9.17) is 4.42 Å². The van der Waals surface area contributed by atoms with Gasteiger partial charge in [0.2, 0.25) is 15.9 Å². The van der Waals surface area contributed by atoms with Gasteiger partial charge in [-0.05, 0) is 48.9 Å². The van der Waals surface area contributed by atoms with E-state index in [0.29, 0.717) is 24.2 Å². The van der Waals surface area contributed by atoms with Gasteiger partial charge in [0, 0.05) is 31.2 Å². The highest BCUT2D eigenvalue weighted by Crippen LogP contribution is 2.21. The van der Waals surface area contributed by atoms with Gasteiger partial charge >= 0.3 is 0 Å².